The molecule has 300 valence electrons. The minimum absolute atomic E-state index is 0.135. The topological polar surface area (TPSA) is 68.3 Å². The summed E-state index contributed by atoms with van der Waals surface area (Å²) >= 11 is 12.0. The normalized spacial score (nSPS) is 20.0. The van der Waals surface area contributed by atoms with Crippen molar-refractivity contribution >= 4 is 105 Å². The number of sulfone groups is 2. The predicted molar refractivity (Wildman–Crippen MR) is 247 cm³/mol. The average molecular weight is 969 g/mol. The van der Waals surface area contributed by atoms with Gasteiger partial charge in [-0.3, -0.25) is 0 Å². The third-order valence-corrected chi connectivity index (χ3v) is 20.8. The molecule has 0 aromatic carbocycles. The van der Waals surface area contributed by atoms with Crippen LogP contribution in [0.4, 0.5) is 0 Å². The molecule has 3 aromatic rings. The molecular formula is C44H56Br2O4S5. The molecule has 0 fully saturated rings. The van der Waals surface area contributed by atoms with Gasteiger partial charge in [0, 0.05) is 19.5 Å². The minimum Gasteiger partial charge on any atom is -0.218 e. The van der Waals surface area contributed by atoms with E-state index in [0.29, 0.717) is 29.4 Å². The van der Waals surface area contributed by atoms with Gasteiger partial charge in [-0.25, -0.2) is 16.8 Å². The van der Waals surface area contributed by atoms with Crippen molar-refractivity contribution in [1.82, 2.24) is 0 Å². The molecule has 0 saturated heterocycles. The van der Waals surface area contributed by atoms with Crippen molar-refractivity contribution in [2.45, 2.75) is 143 Å². The summed E-state index contributed by atoms with van der Waals surface area (Å²) < 4.78 is 61.8. The van der Waals surface area contributed by atoms with Gasteiger partial charge in [0.15, 0.2) is 0 Å². The Balaban J connectivity index is 1.49. The highest BCUT2D eigenvalue weighted by Gasteiger charge is 2.46. The second kappa shape index (κ2) is 19.3. The van der Waals surface area contributed by atoms with Crippen LogP contribution in [0.1, 0.15) is 161 Å². The van der Waals surface area contributed by atoms with E-state index in [2.05, 4.69) is 71.7 Å². The first-order valence-electron chi connectivity index (χ1n) is 20.6. The molecule has 0 radical (unpaired) electrons. The fraction of sp³-hybridized carbons (Fsp3) is 0.545. The van der Waals surface area contributed by atoms with Crippen LogP contribution in [0.15, 0.2) is 55.1 Å². The van der Waals surface area contributed by atoms with Crippen molar-refractivity contribution < 1.29 is 16.8 Å². The van der Waals surface area contributed by atoms with Crippen LogP contribution in [0.3, 0.4) is 0 Å². The Morgan fingerprint density at radius 3 is 1.27 bits per heavy atom. The standard InChI is InChI=1S/C44H56Br2O4S5/c1-5-9-13-17-19-29-25-37(52-43(29)45)39-27-33-31(21-15-11-7-3)32(22-16-12-8-4)34-28-40(38-26-30(44(46)53-38)20-18-14-10-6-2)55(49,50)42(34)36-24-23-35(51-36)41(33)54(39,47)48/h23-28,31-32H,5-22H2,1-4H3. The lowest BCUT2D eigenvalue weighted by Gasteiger charge is -2.30. The number of hydrogen-bond donors (Lipinski definition) is 0. The molecular weight excluding hydrogens is 913 g/mol. The molecule has 0 aliphatic carbocycles. The molecule has 6 heterocycles. The number of thiophene rings is 3. The third kappa shape index (κ3) is 9.23. The summed E-state index contributed by atoms with van der Waals surface area (Å²) in [6, 6.07) is 7.92. The summed E-state index contributed by atoms with van der Waals surface area (Å²) in [4.78, 5) is 4.44. The van der Waals surface area contributed by atoms with E-state index in [0.717, 1.165) is 118 Å². The Hall–Kier alpha value is -1.08. The van der Waals surface area contributed by atoms with Gasteiger partial charge in [-0.2, -0.15) is 0 Å². The molecule has 4 nitrogen and oxygen atoms in total. The van der Waals surface area contributed by atoms with Crippen LogP contribution >= 0.6 is 65.9 Å². The van der Waals surface area contributed by atoms with Gasteiger partial charge in [0.25, 0.3) is 0 Å². The Labute approximate surface area is 359 Å². The van der Waals surface area contributed by atoms with E-state index < -0.39 is 19.7 Å². The lowest BCUT2D eigenvalue weighted by molar-refractivity contribution is 0.372. The first-order chi connectivity index (χ1) is 26.5. The lowest BCUT2D eigenvalue weighted by Crippen LogP contribution is -2.20. The fourth-order valence-electron chi connectivity index (χ4n) is 8.44. The Morgan fingerprint density at radius 1 is 0.509 bits per heavy atom. The van der Waals surface area contributed by atoms with E-state index in [1.165, 1.54) is 70.8 Å². The average Bonchev–Trinajstić information content (AvgIpc) is 3.95. The Kier molecular flexibility index (Phi) is 15.3. The summed E-state index contributed by atoms with van der Waals surface area (Å²) in [6.07, 6.45) is 22.8. The summed E-state index contributed by atoms with van der Waals surface area (Å²) in [7, 11) is -7.75. The zero-order chi connectivity index (χ0) is 39.3. The fourth-order valence-corrected chi connectivity index (χ4v) is 17.9. The molecule has 11 heteroatoms. The molecule has 6 rings (SSSR count). The maximum Gasteiger partial charge on any atom is 0.209 e. The molecule has 0 saturated carbocycles. The first kappa shape index (κ1) is 43.5. The van der Waals surface area contributed by atoms with E-state index in [4.69, 9.17) is 0 Å². The smallest absolute Gasteiger partial charge is 0.209 e. The van der Waals surface area contributed by atoms with E-state index in [-0.39, 0.29) is 11.8 Å². The zero-order valence-corrected chi connectivity index (χ0v) is 40.0. The van der Waals surface area contributed by atoms with Gasteiger partial charge < -0.3 is 0 Å². The SMILES string of the molecule is CCCCCCc1cc(C2=CC3=C(c4ccc(s4)C4=C(C=C(c5cc(CCCCCC)c(Br)s5)S4(=O)=O)C(CCCCC)C3CCCCC)S2(=O)=O)sc1Br. The molecule has 3 aliphatic rings. The number of aryl methyl sites for hydroxylation is 2. The molecule has 0 N–H and O–H groups in total. The van der Waals surface area contributed by atoms with Crippen LogP contribution in [-0.2, 0) is 32.5 Å². The summed E-state index contributed by atoms with van der Waals surface area (Å²) in [6.45, 7) is 8.82. The van der Waals surface area contributed by atoms with Crippen LogP contribution in [0.5, 0.6) is 0 Å². The van der Waals surface area contributed by atoms with Crippen molar-refractivity contribution in [3.05, 3.63) is 85.8 Å². The third-order valence-electron chi connectivity index (χ3n) is 11.4. The molecule has 55 heavy (non-hydrogen) atoms. The van der Waals surface area contributed by atoms with Crippen LogP contribution in [0, 0.1) is 11.8 Å². The van der Waals surface area contributed by atoms with Crippen LogP contribution < -0.4 is 0 Å². The highest BCUT2D eigenvalue weighted by atomic mass is 79.9. The van der Waals surface area contributed by atoms with E-state index in [1.54, 1.807) is 0 Å². The van der Waals surface area contributed by atoms with Crippen molar-refractivity contribution in [3.8, 4) is 0 Å². The predicted octanol–water partition coefficient (Wildman–Crippen LogP) is 15.4. The Morgan fingerprint density at radius 2 is 0.891 bits per heavy atom. The Bertz CT molecular complexity index is 2040. The number of halogens is 2. The van der Waals surface area contributed by atoms with Crippen molar-refractivity contribution in [2.75, 3.05) is 0 Å². The van der Waals surface area contributed by atoms with Gasteiger partial charge in [0.1, 0.15) is 0 Å². The summed E-state index contributed by atoms with van der Waals surface area (Å²) in [5.41, 5.74) is 4.09. The first-order valence-corrected chi connectivity index (χ1v) is 27.6. The molecule has 3 aliphatic heterocycles. The highest BCUT2D eigenvalue weighted by Crippen LogP contribution is 2.57. The van der Waals surface area contributed by atoms with Crippen molar-refractivity contribution in [1.29, 1.82) is 0 Å². The second-order valence-electron chi connectivity index (χ2n) is 15.4. The quantitative estimate of drug-likeness (QED) is 0.106. The van der Waals surface area contributed by atoms with E-state index in [1.807, 2.05) is 24.3 Å². The molecule has 0 spiro atoms. The monoisotopic (exact) mass is 966 g/mol. The van der Waals surface area contributed by atoms with Gasteiger partial charge in [0.05, 0.1) is 27.2 Å². The number of hydrogen-bond acceptors (Lipinski definition) is 7. The molecule has 2 unspecified atom stereocenters. The maximum atomic E-state index is 15.0. The van der Waals surface area contributed by atoms with Crippen LogP contribution in [-0.4, -0.2) is 16.8 Å². The van der Waals surface area contributed by atoms with E-state index in [9.17, 15) is 16.8 Å². The zero-order valence-electron chi connectivity index (χ0n) is 32.8. The maximum absolute atomic E-state index is 15.0. The number of unbranched alkanes of at least 4 members (excludes halogenated alkanes) is 10. The van der Waals surface area contributed by atoms with Gasteiger partial charge in [-0.15, -0.1) is 34.0 Å². The molecule has 0 amide bonds. The second-order valence-corrected chi connectivity index (χ2v) is 24.9. The summed E-state index contributed by atoms with van der Waals surface area (Å²) in [5, 5.41) is 0. The lowest BCUT2D eigenvalue weighted by atomic mass is 9.74. The van der Waals surface area contributed by atoms with Gasteiger partial charge >= 0.3 is 0 Å². The minimum atomic E-state index is -3.87. The molecule has 2 atom stereocenters. The van der Waals surface area contributed by atoms with E-state index >= 15 is 0 Å². The van der Waals surface area contributed by atoms with Crippen LogP contribution in [0.2, 0.25) is 0 Å². The summed E-state index contributed by atoms with van der Waals surface area (Å²) in [5.74, 6) is -0.270. The van der Waals surface area contributed by atoms with Crippen molar-refractivity contribution in [2.24, 2.45) is 11.8 Å². The number of rotatable bonds is 20. The number of fused-ring (bicyclic) bond motifs is 4. The van der Waals surface area contributed by atoms with Gasteiger partial charge in [0.2, 0.25) is 19.7 Å². The van der Waals surface area contributed by atoms with Crippen LogP contribution in [0.25, 0.3) is 19.6 Å². The van der Waals surface area contributed by atoms with Crippen molar-refractivity contribution in [3.63, 3.8) is 0 Å². The number of allylic oxidation sites excluding steroid dienone is 4. The largest absolute Gasteiger partial charge is 0.218 e. The highest BCUT2D eigenvalue weighted by molar-refractivity contribution is 9.11. The van der Waals surface area contributed by atoms with Gasteiger partial charge in [-0.05, 0) is 141 Å². The molecule has 2 bridgehead atoms. The van der Waals surface area contributed by atoms with Gasteiger partial charge in [-0.1, -0.05) is 105 Å². The molecule has 3 aromatic heterocycles.